The predicted octanol–water partition coefficient (Wildman–Crippen LogP) is 4.10. The van der Waals surface area contributed by atoms with E-state index in [0.717, 1.165) is 31.0 Å². The number of H-pyrrole nitrogens is 1. The molecule has 4 aromatic rings. The second-order valence-electron chi connectivity index (χ2n) is 8.86. The topological polar surface area (TPSA) is 101 Å². The zero-order valence-electron chi connectivity index (χ0n) is 18.9. The van der Waals surface area contributed by atoms with Gasteiger partial charge in [0.1, 0.15) is 11.5 Å². The van der Waals surface area contributed by atoms with Crippen LogP contribution in [0.25, 0.3) is 22.3 Å². The Labute approximate surface area is 194 Å². The smallest absolute Gasteiger partial charge is 0.271 e. The summed E-state index contributed by atoms with van der Waals surface area (Å²) in [5.41, 5.74) is 2.10. The number of benzene rings is 1. The van der Waals surface area contributed by atoms with E-state index in [1.165, 1.54) is 6.07 Å². The first-order valence-electron chi connectivity index (χ1n) is 11.2. The lowest BCUT2D eigenvalue weighted by Gasteiger charge is -2.30. The minimum absolute atomic E-state index is 0.0512. The lowest BCUT2D eigenvalue weighted by atomic mass is 9.91. The fourth-order valence-corrected chi connectivity index (χ4v) is 4.54. The van der Waals surface area contributed by atoms with Crippen LogP contribution in [0.2, 0.25) is 0 Å². The lowest BCUT2D eigenvalue weighted by molar-refractivity contribution is 0.0921. The summed E-state index contributed by atoms with van der Waals surface area (Å²) in [4.78, 5) is 28.0. The van der Waals surface area contributed by atoms with Crippen LogP contribution in [0, 0.1) is 18.6 Å². The Hall–Kier alpha value is -3.82. The molecule has 0 bridgehead atoms. The van der Waals surface area contributed by atoms with Gasteiger partial charge in [-0.05, 0) is 50.3 Å². The van der Waals surface area contributed by atoms with Crippen molar-refractivity contribution in [2.45, 2.75) is 44.7 Å². The summed E-state index contributed by atoms with van der Waals surface area (Å²) in [6.45, 7) is 1.81. The molecule has 1 fully saturated rings. The summed E-state index contributed by atoms with van der Waals surface area (Å²) in [5, 5.41) is 6.85. The summed E-state index contributed by atoms with van der Waals surface area (Å²) in [6.07, 6.45) is 9.19. The van der Waals surface area contributed by atoms with Crippen molar-refractivity contribution in [2.24, 2.45) is 7.05 Å². The van der Waals surface area contributed by atoms with Crippen molar-refractivity contribution in [2.75, 3.05) is 5.32 Å². The van der Waals surface area contributed by atoms with Crippen LogP contribution in [0.5, 0.6) is 0 Å². The van der Waals surface area contributed by atoms with Crippen molar-refractivity contribution in [3.8, 4) is 11.4 Å². The van der Waals surface area contributed by atoms with Gasteiger partial charge in [0.15, 0.2) is 17.5 Å². The molecular formula is C24H25F2N7O. The van der Waals surface area contributed by atoms with Crippen LogP contribution in [0.3, 0.4) is 0 Å². The molecule has 1 saturated carbocycles. The zero-order chi connectivity index (χ0) is 23.8. The van der Waals surface area contributed by atoms with Crippen molar-refractivity contribution >= 4 is 22.6 Å². The molecule has 0 radical (unpaired) electrons. The number of anilines is 1. The Morgan fingerprint density at radius 3 is 2.79 bits per heavy atom. The maximum Gasteiger partial charge on any atom is 0.271 e. The summed E-state index contributed by atoms with van der Waals surface area (Å²) in [6, 6.07) is 3.18. The maximum atomic E-state index is 14.6. The Bertz CT molecular complexity index is 1360. The van der Waals surface area contributed by atoms with E-state index in [0.29, 0.717) is 34.4 Å². The van der Waals surface area contributed by atoms with Crippen LogP contribution in [-0.2, 0) is 7.05 Å². The van der Waals surface area contributed by atoms with E-state index in [-0.39, 0.29) is 29.6 Å². The molecule has 3 N–H and O–H groups in total. The first-order chi connectivity index (χ1) is 16.4. The quantitative estimate of drug-likeness (QED) is 0.412. The van der Waals surface area contributed by atoms with Crippen molar-refractivity contribution in [3.05, 3.63) is 59.9 Å². The highest BCUT2D eigenvalue weighted by Gasteiger charge is 2.25. The molecule has 0 spiro atoms. The summed E-state index contributed by atoms with van der Waals surface area (Å²) in [7, 11) is 1.81. The van der Waals surface area contributed by atoms with E-state index in [9.17, 15) is 13.6 Å². The molecule has 34 heavy (non-hydrogen) atoms. The molecule has 0 aliphatic heterocycles. The average Bonchev–Trinajstić information content (AvgIpc) is 3.42. The highest BCUT2D eigenvalue weighted by Crippen LogP contribution is 2.30. The van der Waals surface area contributed by atoms with Gasteiger partial charge in [-0.3, -0.25) is 4.79 Å². The summed E-state index contributed by atoms with van der Waals surface area (Å²) in [5.74, 6) is -0.748. The average molecular weight is 466 g/mol. The molecule has 5 rings (SSSR count). The monoisotopic (exact) mass is 465 g/mol. The molecular weight excluding hydrogens is 440 g/mol. The molecule has 176 valence electrons. The number of nitrogens with one attached hydrogen (secondary N) is 3. The molecule has 1 aliphatic carbocycles. The molecule has 3 aromatic heterocycles. The normalized spacial score (nSPS) is 18.2. The number of hydrogen-bond donors (Lipinski definition) is 3. The number of aryl methyl sites for hydroxylation is 2. The first kappa shape index (κ1) is 22.0. The first-order valence-corrected chi connectivity index (χ1v) is 11.2. The lowest BCUT2D eigenvalue weighted by Crippen LogP contribution is -2.42. The molecule has 2 atom stereocenters. The number of rotatable bonds is 5. The van der Waals surface area contributed by atoms with Crippen LogP contribution in [0.4, 0.5) is 14.6 Å². The van der Waals surface area contributed by atoms with E-state index in [4.69, 9.17) is 0 Å². The van der Waals surface area contributed by atoms with Gasteiger partial charge in [-0.25, -0.2) is 23.7 Å². The van der Waals surface area contributed by atoms with Gasteiger partial charge in [0.2, 0.25) is 0 Å². The van der Waals surface area contributed by atoms with Gasteiger partial charge in [-0.1, -0.05) is 0 Å². The van der Waals surface area contributed by atoms with Gasteiger partial charge in [0, 0.05) is 42.5 Å². The molecule has 10 heteroatoms. The molecule has 1 aliphatic rings. The number of amides is 1. The number of imidazole rings is 1. The van der Waals surface area contributed by atoms with Crippen molar-refractivity contribution in [1.82, 2.24) is 29.8 Å². The highest BCUT2D eigenvalue weighted by molar-refractivity contribution is 5.94. The molecule has 8 nitrogen and oxygen atoms in total. The molecule has 3 heterocycles. The van der Waals surface area contributed by atoms with Crippen LogP contribution in [0.15, 0.2) is 37.1 Å². The predicted molar refractivity (Wildman–Crippen MR) is 124 cm³/mol. The third-order valence-corrected chi connectivity index (χ3v) is 6.16. The van der Waals surface area contributed by atoms with E-state index in [1.807, 2.05) is 20.0 Å². The minimum Gasteiger partial charge on any atom is -0.365 e. The fraction of sp³-hybridized carbons (Fsp3) is 0.333. The van der Waals surface area contributed by atoms with Crippen molar-refractivity contribution < 1.29 is 13.6 Å². The van der Waals surface area contributed by atoms with Gasteiger partial charge in [0.25, 0.3) is 5.91 Å². The largest absolute Gasteiger partial charge is 0.365 e. The second-order valence-corrected chi connectivity index (χ2v) is 8.86. The SMILES string of the molecule is Cc1cc(F)c2[nH]cc(-c3ncc(F)c(NC4CCC[C@@H](NC(=O)c5cn(C)cn5)C4)n3)c2c1. The number of carbonyl (C=O) groups is 1. The number of hydrogen-bond acceptors (Lipinski definition) is 5. The van der Waals surface area contributed by atoms with Gasteiger partial charge < -0.3 is 20.2 Å². The van der Waals surface area contributed by atoms with Gasteiger partial charge in [-0.15, -0.1) is 0 Å². The van der Waals surface area contributed by atoms with E-state index >= 15 is 0 Å². The van der Waals surface area contributed by atoms with E-state index < -0.39 is 5.82 Å². The highest BCUT2D eigenvalue weighted by atomic mass is 19.1. The number of nitrogens with zero attached hydrogens (tertiary/aromatic N) is 4. The Morgan fingerprint density at radius 1 is 1.18 bits per heavy atom. The number of fused-ring (bicyclic) bond motifs is 1. The number of carbonyl (C=O) groups excluding carboxylic acids is 1. The molecule has 1 aromatic carbocycles. The van der Waals surface area contributed by atoms with Gasteiger partial charge >= 0.3 is 0 Å². The number of aromatic nitrogens is 5. The Kier molecular flexibility index (Phi) is 5.72. The summed E-state index contributed by atoms with van der Waals surface area (Å²) < 4.78 is 30.6. The Balaban J connectivity index is 1.33. The van der Waals surface area contributed by atoms with Crippen LogP contribution in [0.1, 0.15) is 41.7 Å². The van der Waals surface area contributed by atoms with Gasteiger partial charge in [0.05, 0.1) is 18.0 Å². The third kappa shape index (κ3) is 4.35. The van der Waals surface area contributed by atoms with Crippen molar-refractivity contribution in [1.29, 1.82) is 0 Å². The van der Waals surface area contributed by atoms with Crippen LogP contribution in [-0.4, -0.2) is 42.5 Å². The molecule has 1 unspecified atom stereocenters. The fourth-order valence-electron chi connectivity index (χ4n) is 4.54. The minimum atomic E-state index is -0.564. The maximum absolute atomic E-state index is 14.6. The van der Waals surface area contributed by atoms with Crippen LogP contribution >= 0.6 is 0 Å². The Morgan fingerprint density at radius 2 is 2.00 bits per heavy atom. The standard InChI is InChI=1S/C24H25F2N7O/c1-13-6-16-17(9-27-21(16)18(25)7-13)22-28-10-19(26)23(32-22)30-14-4-3-5-15(8-14)31-24(34)20-11-33(2)12-29-20/h6-7,9-12,14-15,27H,3-5,8H2,1-2H3,(H,31,34)(H,28,30,32)/t14?,15-/m1/s1. The van der Waals surface area contributed by atoms with Gasteiger partial charge in [-0.2, -0.15) is 0 Å². The van der Waals surface area contributed by atoms with Crippen molar-refractivity contribution in [3.63, 3.8) is 0 Å². The van der Waals surface area contributed by atoms with E-state index in [1.54, 1.807) is 23.3 Å². The van der Waals surface area contributed by atoms with Crippen LogP contribution < -0.4 is 10.6 Å². The third-order valence-electron chi connectivity index (χ3n) is 6.16. The zero-order valence-corrected chi connectivity index (χ0v) is 18.9. The summed E-state index contributed by atoms with van der Waals surface area (Å²) >= 11 is 0. The van der Waals surface area contributed by atoms with E-state index in [2.05, 4.69) is 30.6 Å². The number of aromatic amines is 1. The second kappa shape index (κ2) is 8.85. The molecule has 1 amide bonds. The number of halogens is 2. The molecule has 0 saturated heterocycles.